The molecule has 0 fully saturated rings. The molecule has 0 aromatic carbocycles. The van der Waals surface area contributed by atoms with Gasteiger partial charge in [-0.25, -0.2) is 9.48 Å². The zero-order valence-electron chi connectivity index (χ0n) is 11.4. The Balaban J connectivity index is 2.02. The summed E-state index contributed by atoms with van der Waals surface area (Å²) >= 11 is 1.53. The summed E-state index contributed by atoms with van der Waals surface area (Å²) in [6.45, 7) is 2.55. The quantitative estimate of drug-likeness (QED) is 0.678. The summed E-state index contributed by atoms with van der Waals surface area (Å²) in [5.74, 6) is -0.459. The molecule has 0 bridgehead atoms. The van der Waals surface area contributed by atoms with Crippen molar-refractivity contribution < 1.29 is 13.9 Å². The van der Waals surface area contributed by atoms with E-state index in [4.69, 9.17) is 9.15 Å². The lowest BCUT2D eigenvalue weighted by molar-refractivity contribution is 0.0520. The van der Waals surface area contributed by atoms with Gasteiger partial charge in [-0.15, -0.1) is 16.4 Å². The average Bonchev–Trinajstić information content (AvgIpc) is 3.20. The van der Waals surface area contributed by atoms with Crippen LogP contribution in [0, 0.1) is 0 Å². The highest BCUT2D eigenvalue weighted by Crippen LogP contribution is 2.28. The normalized spacial score (nSPS) is 10.7. The van der Waals surface area contributed by atoms with Crippen LogP contribution in [0.1, 0.15) is 23.0 Å². The first-order valence-electron chi connectivity index (χ1n) is 6.45. The Kier molecular flexibility index (Phi) is 3.83. The molecule has 0 unspecified atom stereocenters. The number of ether oxygens (including phenoxy) is 1. The Morgan fingerprint density at radius 3 is 3.05 bits per heavy atom. The first-order chi connectivity index (χ1) is 10.3. The number of hydrogen-bond acceptors (Lipinski definition) is 6. The van der Waals surface area contributed by atoms with E-state index >= 15 is 0 Å². The third-order valence-electron chi connectivity index (χ3n) is 2.87. The summed E-state index contributed by atoms with van der Waals surface area (Å²) in [6, 6.07) is 5.70. The Hall–Kier alpha value is -2.41. The van der Waals surface area contributed by atoms with Crippen LogP contribution in [0.2, 0.25) is 0 Å². The molecule has 3 heterocycles. The fourth-order valence-electron chi connectivity index (χ4n) is 1.97. The molecule has 0 saturated heterocycles. The fourth-order valence-corrected chi connectivity index (χ4v) is 2.75. The molecule has 0 radical (unpaired) electrons. The van der Waals surface area contributed by atoms with Crippen LogP contribution in [0.5, 0.6) is 0 Å². The van der Waals surface area contributed by atoms with E-state index in [1.807, 2.05) is 23.6 Å². The van der Waals surface area contributed by atoms with Gasteiger partial charge in [-0.05, 0) is 24.4 Å². The van der Waals surface area contributed by atoms with Gasteiger partial charge in [-0.3, -0.25) is 0 Å². The SMILES string of the molecule is CCOC(=O)c1nnn(Cc2ccoc2)c1-c1cccs1. The van der Waals surface area contributed by atoms with E-state index in [2.05, 4.69) is 10.3 Å². The van der Waals surface area contributed by atoms with E-state index in [-0.39, 0.29) is 5.69 Å². The zero-order chi connectivity index (χ0) is 14.7. The minimum absolute atomic E-state index is 0.239. The molecule has 0 atom stereocenters. The molecule has 0 aliphatic heterocycles. The van der Waals surface area contributed by atoms with E-state index in [0.29, 0.717) is 18.8 Å². The molecule has 0 aliphatic rings. The monoisotopic (exact) mass is 303 g/mol. The van der Waals surface area contributed by atoms with Crippen molar-refractivity contribution in [2.75, 3.05) is 6.61 Å². The number of aromatic nitrogens is 3. The second-order valence-corrected chi connectivity index (χ2v) is 5.22. The van der Waals surface area contributed by atoms with Crippen LogP contribution in [0.3, 0.4) is 0 Å². The molecular formula is C14H13N3O3S. The van der Waals surface area contributed by atoms with Crippen molar-refractivity contribution in [1.82, 2.24) is 15.0 Å². The van der Waals surface area contributed by atoms with Crippen molar-refractivity contribution in [1.29, 1.82) is 0 Å². The number of carbonyl (C=O) groups is 1. The molecule has 0 saturated carbocycles. The number of furan rings is 1. The largest absolute Gasteiger partial charge is 0.472 e. The lowest BCUT2D eigenvalue weighted by Crippen LogP contribution is -2.08. The Bertz CT molecular complexity index is 717. The summed E-state index contributed by atoms with van der Waals surface area (Å²) in [6.07, 6.45) is 3.24. The van der Waals surface area contributed by atoms with Gasteiger partial charge in [0.25, 0.3) is 0 Å². The minimum atomic E-state index is -0.459. The van der Waals surface area contributed by atoms with Crippen molar-refractivity contribution >= 4 is 17.3 Å². The Labute approximate surface area is 125 Å². The average molecular weight is 303 g/mol. The van der Waals surface area contributed by atoms with Crippen molar-refractivity contribution in [2.45, 2.75) is 13.5 Å². The summed E-state index contributed by atoms with van der Waals surface area (Å²) in [5.41, 5.74) is 1.86. The number of hydrogen-bond donors (Lipinski definition) is 0. The van der Waals surface area contributed by atoms with Crippen molar-refractivity contribution in [3.8, 4) is 10.6 Å². The molecule has 7 heteroatoms. The predicted octanol–water partition coefficient (Wildman–Crippen LogP) is 2.82. The highest BCUT2D eigenvalue weighted by molar-refractivity contribution is 7.13. The van der Waals surface area contributed by atoms with E-state index < -0.39 is 5.97 Å². The number of nitrogens with zero attached hydrogens (tertiary/aromatic N) is 3. The maximum Gasteiger partial charge on any atom is 0.361 e. The van der Waals surface area contributed by atoms with Gasteiger partial charge in [0, 0.05) is 5.56 Å². The molecule has 3 aromatic heterocycles. The maximum absolute atomic E-state index is 12.0. The molecule has 0 aliphatic carbocycles. The van der Waals surface area contributed by atoms with Crippen molar-refractivity contribution in [3.63, 3.8) is 0 Å². The van der Waals surface area contributed by atoms with Crippen molar-refractivity contribution in [3.05, 3.63) is 47.4 Å². The maximum atomic E-state index is 12.0. The third-order valence-corrected chi connectivity index (χ3v) is 3.75. The van der Waals surface area contributed by atoms with Gasteiger partial charge >= 0.3 is 5.97 Å². The van der Waals surface area contributed by atoms with Gasteiger partial charge in [0.2, 0.25) is 0 Å². The van der Waals surface area contributed by atoms with Gasteiger partial charge in [-0.2, -0.15) is 0 Å². The molecule has 108 valence electrons. The van der Waals surface area contributed by atoms with Crippen LogP contribution >= 0.6 is 11.3 Å². The van der Waals surface area contributed by atoms with Gasteiger partial charge in [0.15, 0.2) is 5.69 Å². The summed E-state index contributed by atoms with van der Waals surface area (Å²) in [7, 11) is 0. The van der Waals surface area contributed by atoms with Crippen LogP contribution < -0.4 is 0 Å². The summed E-state index contributed by atoms with van der Waals surface area (Å²) in [5, 5.41) is 10.0. The van der Waals surface area contributed by atoms with E-state index in [0.717, 1.165) is 10.4 Å². The topological polar surface area (TPSA) is 70.2 Å². The van der Waals surface area contributed by atoms with Crippen LogP contribution in [0.15, 0.2) is 40.5 Å². The third kappa shape index (κ3) is 2.73. The second-order valence-electron chi connectivity index (χ2n) is 4.27. The Morgan fingerprint density at radius 1 is 1.48 bits per heavy atom. The Morgan fingerprint density at radius 2 is 2.38 bits per heavy atom. The van der Waals surface area contributed by atoms with Crippen LogP contribution in [-0.4, -0.2) is 27.6 Å². The van der Waals surface area contributed by atoms with Crippen LogP contribution in [0.25, 0.3) is 10.6 Å². The fraction of sp³-hybridized carbons (Fsp3) is 0.214. The van der Waals surface area contributed by atoms with E-state index in [1.54, 1.807) is 24.1 Å². The highest BCUT2D eigenvalue weighted by Gasteiger charge is 2.23. The first-order valence-corrected chi connectivity index (χ1v) is 7.33. The van der Waals surface area contributed by atoms with Gasteiger partial charge in [0.05, 0.1) is 30.6 Å². The predicted molar refractivity (Wildman–Crippen MR) is 77.1 cm³/mol. The first kappa shape index (κ1) is 13.6. The molecular weight excluding hydrogens is 290 g/mol. The zero-order valence-corrected chi connectivity index (χ0v) is 12.2. The van der Waals surface area contributed by atoms with Gasteiger partial charge in [0.1, 0.15) is 5.69 Å². The summed E-state index contributed by atoms with van der Waals surface area (Å²) < 4.78 is 11.8. The lowest BCUT2D eigenvalue weighted by atomic mass is 10.2. The smallest absolute Gasteiger partial charge is 0.361 e. The number of rotatable bonds is 5. The molecule has 0 amide bonds. The molecule has 3 rings (SSSR count). The van der Waals surface area contributed by atoms with Crippen LogP contribution in [-0.2, 0) is 11.3 Å². The number of carbonyl (C=O) groups excluding carboxylic acids is 1. The standard InChI is InChI=1S/C14H13N3O3S/c1-2-20-14(18)12-13(11-4-3-7-21-11)17(16-15-12)8-10-5-6-19-9-10/h3-7,9H,2,8H2,1H3. The summed E-state index contributed by atoms with van der Waals surface area (Å²) in [4.78, 5) is 12.9. The molecule has 6 nitrogen and oxygen atoms in total. The molecule has 0 N–H and O–H groups in total. The lowest BCUT2D eigenvalue weighted by Gasteiger charge is -2.05. The van der Waals surface area contributed by atoms with E-state index in [9.17, 15) is 4.79 Å². The molecule has 21 heavy (non-hydrogen) atoms. The minimum Gasteiger partial charge on any atom is -0.472 e. The van der Waals surface area contributed by atoms with Gasteiger partial charge in [-0.1, -0.05) is 11.3 Å². The van der Waals surface area contributed by atoms with E-state index in [1.165, 1.54) is 11.3 Å². The molecule has 0 spiro atoms. The van der Waals surface area contributed by atoms with Crippen molar-refractivity contribution in [2.24, 2.45) is 0 Å². The van der Waals surface area contributed by atoms with Crippen LogP contribution in [0.4, 0.5) is 0 Å². The second kappa shape index (κ2) is 5.92. The number of thiophene rings is 1. The van der Waals surface area contributed by atoms with Gasteiger partial charge < -0.3 is 9.15 Å². The molecule has 3 aromatic rings. The number of esters is 1. The highest BCUT2D eigenvalue weighted by atomic mass is 32.1.